The molecule has 7 nitrogen and oxygen atoms in total. The van der Waals surface area contributed by atoms with E-state index in [1.54, 1.807) is 0 Å². The molecular formula is C8H5Cl2N7. The van der Waals surface area contributed by atoms with Crippen LogP contribution in [0.2, 0.25) is 10.0 Å². The van der Waals surface area contributed by atoms with Gasteiger partial charge in [-0.25, -0.2) is 4.40 Å². The van der Waals surface area contributed by atoms with E-state index in [-0.39, 0.29) is 17.5 Å². The molecule has 0 aliphatic carbocycles. The zero-order valence-electron chi connectivity index (χ0n) is 8.20. The van der Waals surface area contributed by atoms with Gasteiger partial charge in [0.05, 0.1) is 10.0 Å². The summed E-state index contributed by atoms with van der Waals surface area (Å²) in [7, 11) is 0. The van der Waals surface area contributed by atoms with Crippen molar-refractivity contribution in [3.05, 3.63) is 21.7 Å². The van der Waals surface area contributed by atoms with Crippen molar-refractivity contribution in [1.29, 1.82) is 5.41 Å². The van der Waals surface area contributed by atoms with E-state index in [9.17, 15) is 0 Å². The third-order valence-electron chi connectivity index (χ3n) is 2.21. The van der Waals surface area contributed by atoms with E-state index < -0.39 is 0 Å². The van der Waals surface area contributed by atoms with Crippen molar-refractivity contribution >= 4 is 46.6 Å². The zero-order valence-corrected chi connectivity index (χ0v) is 9.71. The van der Waals surface area contributed by atoms with Crippen LogP contribution >= 0.6 is 23.2 Å². The van der Waals surface area contributed by atoms with Crippen molar-refractivity contribution in [2.24, 2.45) is 10.7 Å². The highest BCUT2D eigenvalue weighted by molar-refractivity contribution is 6.38. The summed E-state index contributed by atoms with van der Waals surface area (Å²) in [6.45, 7) is 0. The van der Waals surface area contributed by atoms with Crippen LogP contribution in [0.15, 0.2) is 11.1 Å². The molecule has 0 atom stereocenters. The van der Waals surface area contributed by atoms with Crippen molar-refractivity contribution in [3.8, 4) is 0 Å². The van der Waals surface area contributed by atoms with Gasteiger partial charge >= 0.3 is 0 Å². The van der Waals surface area contributed by atoms with Crippen LogP contribution in [-0.4, -0.2) is 20.3 Å². The van der Waals surface area contributed by atoms with Crippen molar-refractivity contribution in [1.82, 2.24) is 14.4 Å². The van der Waals surface area contributed by atoms with Gasteiger partial charge in [0.2, 0.25) is 17.5 Å². The lowest BCUT2D eigenvalue weighted by atomic mass is 10.4. The van der Waals surface area contributed by atoms with Gasteiger partial charge in [-0.3, -0.25) is 5.41 Å². The van der Waals surface area contributed by atoms with Gasteiger partial charge in [0, 0.05) is 0 Å². The molecule has 9 heteroatoms. The van der Waals surface area contributed by atoms with Crippen molar-refractivity contribution in [3.63, 3.8) is 0 Å². The number of nitrogens with zero attached hydrogens (tertiary/aromatic N) is 4. The molecule has 1 aliphatic heterocycles. The number of aliphatic imine (C=N–C) groups is 1. The number of nitrogens with two attached hydrogens (primary N) is 1. The van der Waals surface area contributed by atoms with E-state index in [0.29, 0.717) is 21.5 Å². The van der Waals surface area contributed by atoms with Gasteiger partial charge in [0.25, 0.3) is 0 Å². The summed E-state index contributed by atoms with van der Waals surface area (Å²) in [6.07, 6.45) is 0. The first-order valence-electron chi connectivity index (χ1n) is 4.51. The summed E-state index contributed by atoms with van der Waals surface area (Å²) < 4.78 is 1.51. The Morgan fingerprint density at radius 1 is 1.29 bits per heavy atom. The third kappa shape index (κ3) is 1.43. The molecule has 2 aromatic heterocycles. The highest BCUT2D eigenvalue weighted by Gasteiger charge is 2.19. The minimum absolute atomic E-state index is 0.147. The highest BCUT2D eigenvalue weighted by Crippen LogP contribution is 2.32. The summed E-state index contributed by atoms with van der Waals surface area (Å²) >= 11 is 12.0. The van der Waals surface area contributed by atoms with Crippen LogP contribution in [-0.2, 0) is 0 Å². The van der Waals surface area contributed by atoms with Crippen molar-refractivity contribution < 1.29 is 0 Å². The maximum Gasteiger partial charge on any atom is 0.247 e. The maximum absolute atomic E-state index is 7.47. The Kier molecular flexibility index (Phi) is 2.01. The summed E-state index contributed by atoms with van der Waals surface area (Å²) in [5.74, 6) is 0.845. The van der Waals surface area contributed by atoms with Crippen LogP contribution in [0.4, 0.5) is 11.8 Å². The molecule has 0 radical (unpaired) electrons. The molecule has 0 saturated carbocycles. The average molecular weight is 270 g/mol. The van der Waals surface area contributed by atoms with Crippen LogP contribution in [0.5, 0.6) is 0 Å². The predicted molar refractivity (Wildman–Crippen MR) is 63.8 cm³/mol. The van der Waals surface area contributed by atoms with Crippen LogP contribution in [0, 0.1) is 5.41 Å². The SMILES string of the molecule is N=c1nc2n3c(c(Cl)cc(Cl)c3n1)NC(N)=N2. The van der Waals surface area contributed by atoms with E-state index in [0.717, 1.165) is 0 Å². The molecule has 3 heterocycles. The number of aromatic nitrogens is 3. The molecule has 0 fully saturated rings. The lowest BCUT2D eigenvalue weighted by molar-refractivity contribution is 0.900. The van der Waals surface area contributed by atoms with Gasteiger partial charge in [-0.15, -0.1) is 0 Å². The first kappa shape index (κ1) is 10.3. The fraction of sp³-hybridized carbons (Fsp3) is 0. The van der Waals surface area contributed by atoms with Crippen molar-refractivity contribution in [2.45, 2.75) is 0 Å². The number of hydrogen-bond donors (Lipinski definition) is 3. The predicted octanol–water partition coefficient (Wildman–Crippen LogP) is 0.887. The largest absolute Gasteiger partial charge is 0.369 e. The van der Waals surface area contributed by atoms with E-state index in [1.807, 2.05) is 0 Å². The molecule has 0 saturated heterocycles. The third-order valence-corrected chi connectivity index (χ3v) is 2.78. The van der Waals surface area contributed by atoms with Crippen LogP contribution in [0.25, 0.3) is 5.65 Å². The van der Waals surface area contributed by atoms with E-state index in [2.05, 4.69) is 20.3 Å². The number of rotatable bonds is 0. The zero-order chi connectivity index (χ0) is 12.2. The quantitative estimate of drug-likeness (QED) is 0.661. The number of nitrogens with one attached hydrogen (secondary N) is 2. The lowest BCUT2D eigenvalue weighted by Crippen LogP contribution is -2.29. The summed E-state index contributed by atoms with van der Waals surface area (Å²) in [5.41, 5.74) is 5.76. The molecule has 2 aromatic rings. The van der Waals surface area contributed by atoms with Gasteiger partial charge in [0.15, 0.2) is 5.65 Å². The normalized spacial score (nSPS) is 13.4. The Morgan fingerprint density at radius 2 is 2.06 bits per heavy atom. The van der Waals surface area contributed by atoms with Gasteiger partial charge in [-0.1, -0.05) is 23.2 Å². The first-order valence-corrected chi connectivity index (χ1v) is 5.26. The second-order valence-corrected chi connectivity index (χ2v) is 4.13. The molecule has 0 unspecified atom stereocenters. The highest BCUT2D eigenvalue weighted by atomic mass is 35.5. The molecule has 3 rings (SSSR count). The maximum atomic E-state index is 7.47. The fourth-order valence-corrected chi connectivity index (χ4v) is 2.11. The van der Waals surface area contributed by atoms with E-state index >= 15 is 0 Å². The molecule has 4 N–H and O–H groups in total. The Morgan fingerprint density at radius 3 is 2.82 bits per heavy atom. The lowest BCUT2D eigenvalue weighted by Gasteiger charge is -2.18. The second kappa shape index (κ2) is 3.31. The van der Waals surface area contributed by atoms with Crippen LogP contribution in [0.1, 0.15) is 0 Å². The molecular weight excluding hydrogens is 265 g/mol. The Balaban J connectivity index is 2.59. The minimum Gasteiger partial charge on any atom is -0.369 e. The van der Waals surface area contributed by atoms with Gasteiger partial charge in [-0.2, -0.15) is 15.0 Å². The smallest absolute Gasteiger partial charge is 0.247 e. The van der Waals surface area contributed by atoms with Crippen molar-refractivity contribution in [2.75, 3.05) is 5.32 Å². The van der Waals surface area contributed by atoms with Crippen LogP contribution in [0.3, 0.4) is 0 Å². The molecule has 0 spiro atoms. The number of hydrogen-bond acceptors (Lipinski definition) is 6. The number of guanidine groups is 1. The van der Waals surface area contributed by atoms with Gasteiger partial charge in [0.1, 0.15) is 5.82 Å². The van der Waals surface area contributed by atoms with Crippen LogP contribution < -0.4 is 16.7 Å². The first-order chi connectivity index (χ1) is 8.06. The molecule has 0 amide bonds. The number of anilines is 1. The molecule has 1 aliphatic rings. The Bertz CT molecular complexity index is 733. The molecule has 0 bridgehead atoms. The second-order valence-electron chi connectivity index (χ2n) is 3.32. The van der Waals surface area contributed by atoms with Gasteiger partial charge in [-0.05, 0) is 6.07 Å². The molecule has 17 heavy (non-hydrogen) atoms. The number of pyridine rings is 1. The van der Waals surface area contributed by atoms with Gasteiger partial charge < -0.3 is 11.1 Å². The topological polar surface area (TPSA) is 104 Å². The Labute approximate surface area is 104 Å². The summed E-state index contributed by atoms with van der Waals surface area (Å²) in [5, 5.41) is 11.0. The minimum atomic E-state index is -0.186. The Hall–Kier alpha value is -1.86. The summed E-state index contributed by atoms with van der Waals surface area (Å²) in [6, 6.07) is 1.52. The molecule has 86 valence electrons. The van der Waals surface area contributed by atoms with E-state index in [1.165, 1.54) is 10.5 Å². The van der Waals surface area contributed by atoms with E-state index in [4.69, 9.17) is 34.3 Å². The average Bonchev–Trinajstić information content (AvgIpc) is 2.24. The number of halogens is 2. The standard InChI is InChI=1S/C8H5Cl2N7/c9-2-1-3(10)5-14-7(12)16-8-15-6(11)13-4(2)17(5)8/h1H,(H4,11,12,13,14,15,16). The molecule has 0 aromatic carbocycles. The summed E-state index contributed by atoms with van der Waals surface area (Å²) in [4.78, 5) is 11.7. The fourth-order valence-electron chi connectivity index (χ4n) is 1.58. The monoisotopic (exact) mass is 269 g/mol.